The number of methoxy groups -OCH3 is 2. The van der Waals surface area contributed by atoms with Crippen LogP contribution in [0.2, 0.25) is 0 Å². The molecule has 0 aliphatic carbocycles. The summed E-state index contributed by atoms with van der Waals surface area (Å²) in [4.78, 5) is 39.6. The summed E-state index contributed by atoms with van der Waals surface area (Å²) in [5.41, 5.74) is 2.19. The SMILES string of the molecule is C=C(NC(=O)COCc1ccccc1)[C@H]1[C@H](C(=O)OC)C[C@@H](C(=O)OC)N1Cc1ccccc1. The zero-order valence-corrected chi connectivity index (χ0v) is 19.4. The number of ether oxygens (including phenoxy) is 3. The largest absolute Gasteiger partial charge is 0.469 e. The number of hydrogen-bond acceptors (Lipinski definition) is 7. The molecular weight excluding hydrogens is 436 g/mol. The maximum absolute atomic E-state index is 12.6. The minimum atomic E-state index is -0.698. The predicted molar refractivity (Wildman–Crippen MR) is 125 cm³/mol. The molecule has 0 aromatic heterocycles. The van der Waals surface area contributed by atoms with Gasteiger partial charge in [0.1, 0.15) is 12.6 Å². The van der Waals surface area contributed by atoms with Crippen LogP contribution in [0.15, 0.2) is 72.9 Å². The van der Waals surface area contributed by atoms with Crippen molar-refractivity contribution in [2.45, 2.75) is 31.7 Å². The molecule has 1 heterocycles. The second-order valence-electron chi connectivity index (χ2n) is 8.06. The zero-order chi connectivity index (χ0) is 24.5. The van der Waals surface area contributed by atoms with E-state index in [4.69, 9.17) is 14.2 Å². The monoisotopic (exact) mass is 466 g/mol. The predicted octanol–water partition coefficient (Wildman–Crippen LogP) is 2.44. The van der Waals surface area contributed by atoms with Gasteiger partial charge in [0, 0.05) is 12.2 Å². The molecule has 2 aromatic carbocycles. The van der Waals surface area contributed by atoms with Crippen LogP contribution in [0, 0.1) is 5.92 Å². The summed E-state index contributed by atoms with van der Waals surface area (Å²) < 4.78 is 15.5. The van der Waals surface area contributed by atoms with Crippen LogP contribution in [0.3, 0.4) is 0 Å². The Kier molecular flexibility index (Phi) is 8.95. The molecule has 0 unspecified atom stereocenters. The molecule has 0 spiro atoms. The highest BCUT2D eigenvalue weighted by Gasteiger charge is 2.50. The lowest BCUT2D eigenvalue weighted by Crippen LogP contribution is -2.46. The molecule has 8 heteroatoms. The number of benzene rings is 2. The Labute approximate surface area is 199 Å². The summed E-state index contributed by atoms with van der Waals surface area (Å²) in [6.45, 7) is 4.50. The van der Waals surface area contributed by atoms with Crippen molar-refractivity contribution in [3.8, 4) is 0 Å². The van der Waals surface area contributed by atoms with Crippen molar-refractivity contribution in [1.82, 2.24) is 10.2 Å². The summed E-state index contributed by atoms with van der Waals surface area (Å²) in [6.07, 6.45) is 0.191. The van der Waals surface area contributed by atoms with E-state index in [0.717, 1.165) is 11.1 Å². The first-order valence-electron chi connectivity index (χ1n) is 11.0. The zero-order valence-electron chi connectivity index (χ0n) is 19.4. The second-order valence-corrected chi connectivity index (χ2v) is 8.06. The summed E-state index contributed by atoms with van der Waals surface area (Å²) in [5, 5.41) is 2.75. The molecule has 1 fully saturated rings. The topological polar surface area (TPSA) is 94.2 Å². The van der Waals surface area contributed by atoms with Gasteiger partial charge in [0.25, 0.3) is 0 Å². The Balaban J connectivity index is 1.74. The first kappa shape index (κ1) is 25.1. The van der Waals surface area contributed by atoms with E-state index in [1.165, 1.54) is 14.2 Å². The Morgan fingerprint density at radius 3 is 2.12 bits per heavy atom. The van der Waals surface area contributed by atoms with Crippen molar-refractivity contribution < 1.29 is 28.6 Å². The Bertz CT molecular complexity index is 995. The van der Waals surface area contributed by atoms with Crippen LogP contribution in [0.5, 0.6) is 0 Å². The summed E-state index contributed by atoms with van der Waals surface area (Å²) in [6, 6.07) is 17.7. The quantitative estimate of drug-likeness (QED) is 0.538. The molecule has 1 amide bonds. The van der Waals surface area contributed by atoms with Crippen molar-refractivity contribution in [1.29, 1.82) is 0 Å². The summed E-state index contributed by atoms with van der Waals surface area (Å²) >= 11 is 0. The van der Waals surface area contributed by atoms with E-state index >= 15 is 0 Å². The van der Waals surface area contributed by atoms with Crippen LogP contribution in [-0.4, -0.2) is 55.7 Å². The Hall–Kier alpha value is -3.49. The Morgan fingerprint density at radius 1 is 0.941 bits per heavy atom. The fourth-order valence-corrected chi connectivity index (χ4v) is 4.24. The van der Waals surface area contributed by atoms with Crippen molar-refractivity contribution in [2.75, 3.05) is 20.8 Å². The minimum absolute atomic E-state index is 0.178. The number of rotatable bonds is 10. The minimum Gasteiger partial charge on any atom is -0.469 e. The van der Waals surface area contributed by atoms with Crippen molar-refractivity contribution in [2.24, 2.45) is 5.92 Å². The van der Waals surface area contributed by atoms with Gasteiger partial charge in [0.2, 0.25) is 5.91 Å². The van der Waals surface area contributed by atoms with E-state index in [1.54, 1.807) is 0 Å². The normalized spacial score (nSPS) is 19.9. The van der Waals surface area contributed by atoms with E-state index in [1.807, 2.05) is 65.6 Å². The van der Waals surface area contributed by atoms with Gasteiger partial charge in [0.05, 0.1) is 32.8 Å². The summed E-state index contributed by atoms with van der Waals surface area (Å²) in [7, 11) is 2.61. The lowest BCUT2D eigenvalue weighted by molar-refractivity contribution is -0.146. The number of hydrogen-bond donors (Lipinski definition) is 1. The third kappa shape index (κ3) is 6.30. The highest BCUT2D eigenvalue weighted by Crippen LogP contribution is 2.36. The summed E-state index contributed by atoms with van der Waals surface area (Å²) in [5.74, 6) is -2.04. The molecule has 1 N–H and O–H groups in total. The van der Waals surface area contributed by atoms with Crippen LogP contribution < -0.4 is 5.32 Å². The van der Waals surface area contributed by atoms with Gasteiger partial charge in [-0.25, -0.2) is 0 Å². The number of carbonyl (C=O) groups is 3. The lowest BCUT2D eigenvalue weighted by atomic mass is 9.96. The molecule has 3 atom stereocenters. The molecule has 0 radical (unpaired) electrons. The average Bonchev–Trinajstić information content (AvgIpc) is 3.23. The third-order valence-corrected chi connectivity index (χ3v) is 5.80. The number of likely N-dealkylation sites (tertiary alicyclic amines) is 1. The molecule has 34 heavy (non-hydrogen) atoms. The van der Waals surface area contributed by atoms with E-state index < -0.39 is 35.8 Å². The van der Waals surface area contributed by atoms with E-state index in [2.05, 4.69) is 11.9 Å². The Morgan fingerprint density at radius 2 is 1.53 bits per heavy atom. The molecule has 2 aromatic rings. The van der Waals surface area contributed by atoms with Gasteiger partial charge in [0.15, 0.2) is 0 Å². The van der Waals surface area contributed by atoms with Gasteiger partial charge in [-0.2, -0.15) is 0 Å². The standard InChI is InChI=1S/C26H30N2O6/c1-18(27-23(29)17-34-16-20-12-8-5-9-13-20)24-21(25(30)32-2)14-22(26(31)33-3)28(24)15-19-10-6-4-7-11-19/h4-13,21-22,24H,1,14-17H2,2-3H3,(H,27,29)/t21-,22+,24+/m1/s1. The maximum Gasteiger partial charge on any atom is 0.323 e. The van der Waals surface area contributed by atoms with E-state index in [0.29, 0.717) is 18.8 Å². The molecular formula is C26H30N2O6. The van der Waals surface area contributed by atoms with Crippen LogP contribution >= 0.6 is 0 Å². The maximum atomic E-state index is 12.6. The first-order valence-corrected chi connectivity index (χ1v) is 11.0. The van der Waals surface area contributed by atoms with Gasteiger partial charge < -0.3 is 19.5 Å². The van der Waals surface area contributed by atoms with Crippen LogP contribution in [0.25, 0.3) is 0 Å². The number of nitrogens with zero attached hydrogens (tertiary/aromatic N) is 1. The van der Waals surface area contributed by atoms with E-state index in [9.17, 15) is 14.4 Å². The number of nitrogens with one attached hydrogen (secondary N) is 1. The average molecular weight is 467 g/mol. The molecule has 1 aliphatic rings. The van der Waals surface area contributed by atoms with Gasteiger partial charge in [-0.1, -0.05) is 67.2 Å². The highest BCUT2D eigenvalue weighted by atomic mass is 16.5. The molecule has 1 aliphatic heterocycles. The van der Waals surface area contributed by atoms with Gasteiger partial charge >= 0.3 is 11.9 Å². The molecule has 1 saturated heterocycles. The smallest absolute Gasteiger partial charge is 0.323 e. The van der Waals surface area contributed by atoms with Gasteiger partial charge in [-0.15, -0.1) is 0 Å². The fourth-order valence-electron chi connectivity index (χ4n) is 4.24. The van der Waals surface area contributed by atoms with Crippen LogP contribution in [-0.2, 0) is 41.7 Å². The molecule has 0 saturated carbocycles. The number of esters is 2. The molecule has 0 bridgehead atoms. The lowest BCUT2D eigenvalue weighted by Gasteiger charge is -2.31. The molecule has 180 valence electrons. The van der Waals surface area contributed by atoms with Crippen molar-refractivity contribution in [3.05, 3.63) is 84.1 Å². The number of amides is 1. The van der Waals surface area contributed by atoms with Crippen molar-refractivity contribution in [3.63, 3.8) is 0 Å². The van der Waals surface area contributed by atoms with E-state index in [-0.39, 0.29) is 13.0 Å². The highest BCUT2D eigenvalue weighted by molar-refractivity contribution is 5.82. The van der Waals surface area contributed by atoms with Crippen molar-refractivity contribution >= 4 is 17.8 Å². The van der Waals surface area contributed by atoms with Gasteiger partial charge in [-0.05, 0) is 17.5 Å². The fraction of sp³-hybridized carbons (Fsp3) is 0.346. The number of carbonyl (C=O) groups excluding carboxylic acids is 3. The van der Waals surface area contributed by atoms with Gasteiger partial charge in [-0.3, -0.25) is 19.3 Å². The first-order chi connectivity index (χ1) is 16.4. The second kappa shape index (κ2) is 12.1. The molecule has 8 nitrogen and oxygen atoms in total. The van der Waals surface area contributed by atoms with Crippen LogP contribution in [0.4, 0.5) is 0 Å². The molecule has 3 rings (SSSR count). The van der Waals surface area contributed by atoms with Crippen LogP contribution in [0.1, 0.15) is 17.5 Å². The third-order valence-electron chi connectivity index (χ3n) is 5.80.